The van der Waals surface area contributed by atoms with Crippen molar-refractivity contribution in [1.29, 1.82) is 0 Å². The minimum absolute atomic E-state index is 0.922. The van der Waals surface area contributed by atoms with E-state index in [9.17, 15) is 0 Å². The number of rotatable bonds is 6. The molecule has 3 nitrogen and oxygen atoms in total. The lowest BCUT2D eigenvalue weighted by Crippen LogP contribution is -2.35. The molecular formula is C14H29N3. The van der Waals surface area contributed by atoms with Crippen molar-refractivity contribution in [1.82, 2.24) is 15.5 Å². The van der Waals surface area contributed by atoms with Gasteiger partial charge in [0.1, 0.15) is 0 Å². The van der Waals surface area contributed by atoms with Crippen LogP contribution in [0, 0.1) is 5.92 Å². The van der Waals surface area contributed by atoms with E-state index in [1.165, 1.54) is 84.3 Å². The molecule has 0 bridgehead atoms. The third-order valence-corrected chi connectivity index (χ3v) is 4.17. The standard InChI is InChI=1S/C14H29N3/c1-2-10-17(11-3-1)12-4-7-16-13-14-5-8-15-9-6-14/h14-16H,1-13H2. The van der Waals surface area contributed by atoms with Crippen LogP contribution >= 0.6 is 0 Å². The Kier molecular flexibility index (Phi) is 6.32. The molecule has 2 aliphatic rings. The van der Waals surface area contributed by atoms with Crippen molar-refractivity contribution < 1.29 is 0 Å². The molecule has 0 spiro atoms. The van der Waals surface area contributed by atoms with Crippen molar-refractivity contribution in [2.24, 2.45) is 5.92 Å². The second-order valence-electron chi connectivity index (χ2n) is 5.65. The highest BCUT2D eigenvalue weighted by molar-refractivity contribution is 4.71. The topological polar surface area (TPSA) is 27.3 Å². The summed E-state index contributed by atoms with van der Waals surface area (Å²) in [6.07, 6.45) is 8.33. The second-order valence-corrected chi connectivity index (χ2v) is 5.65. The Morgan fingerprint density at radius 1 is 1.06 bits per heavy atom. The van der Waals surface area contributed by atoms with Crippen molar-refractivity contribution in [3.8, 4) is 0 Å². The largest absolute Gasteiger partial charge is 0.317 e. The van der Waals surface area contributed by atoms with E-state index in [2.05, 4.69) is 15.5 Å². The molecule has 0 unspecified atom stereocenters. The van der Waals surface area contributed by atoms with Crippen molar-refractivity contribution in [3.05, 3.63) is 0 Å². The fourth-order valence-electron chi connectivity index (χ4n) is 3.00. The lowest BCUT2D eigenvalue weighted by molar-refractivity contribution is 0.225. The SMILES string of the molecule is C1CCN(CCCNCC2CCNCC2)CC1. The molecule has 100 valence electrons. The molecule has 0 saturated carbocycles. The summed E-state index contributed by atoms with van der Waals surface area (Å²) in [7, 11) is 0. The fraction of sp³-hybridized carbons (Fsp3) is 1.00. The molecule has 0 aromatic rings. The molecular weight excluding hydrogens is 210 g/mol. The Hall–Kier alpha value is -0.120. The fourth-order valence-corrected chi connectivity index (χ4v) is 3.00. The Morgan fingerprint density at radius 3 is 2.59 bits per heavy atom. The van der Waals surface area contributed by atoms with Crippen molar-refractivity contribution >= 4 is 0 Å². The summed E-state index contributed by atoms with van der Waals surface area (Å²) in [4.78, 5) is 2.63. The number of nitrogens with zero attached hydrogens (tertiary/aromatic N) is 1. The predicted octanol–water partition coefficient (Wildman–Crippen LogP) is 1.45. The Bertz CT molecular complexity index is 164. The van der Waals surface area contributed by atoms with Crippen LogP contribution in [0.5, 0.6) is 0 Å². The normalized spacial score (nSPS) is 24.0. The maximum absolute atomic E-state index is 3.64. The number of piperidine rings is 2. The van der Waals surface area contributed by atoms with Crippen LogP contribution in [-0.2, 0) is 0 Å². The van der Waals surface area contributed by atoms with Crippen LogP contribution in [0.1, 0.15) is 38.5 Å². The lowest BCUT2D eigenvalue weighted by atomic mass is 9.98. The molecule has 0 amide bonds. The number of hydrogen-bond donors (Lipinski definition) is 2. The number of likely N-dealkylation sites (tertiary alicyclic amines) is 1. The second kappa shape index (κ2) is 8.06. The Labute approximate surface area is 106 Å². The van der Waals surface area contributed by atoms with Crippen LogP contribution in [0.25, 0.3) is 0 Å². The van der Waals surface area contributed by atoms with Crippen LogP contribution in [0.4, 0.5) is 0 Å². The molecule has 2 aliphatic heterocycles. The first-order valence-corrected chi connectivity index (χ1v) is 7.59. The van der Waals surface area contributed by atoms with E-state index in [0.29, 0.717) is 0 Å². The molecule has 2 heterocycles. The van der Waals surface area contributed by atoms with E-state index in [1.54, 1.807) is 0 Å². The zero-order valence-corrected chi connectivity index (χ0v) is 11.2. The van der Waals surface area contributed by atoms with Gasteiger partial charge in [-0.05, 0) is 83.8 Å². The van der Waals surface area contributed by atoms with Crippen molar-refractivity contribution in [2.75, 3.05) is 45.8 Å². The number of hydrogen-bond acceptors (Lipinski definition) is 3. The number of nitrogens with one attached hydrogen (secondary N) is 2. The zero-order valence-electron chi connectivity index (χ0n) is 11.2. The monoisotopic (exact) mass is 239 g/mol. The van der Waals surface area contributed by atoms with Gasteiger partial charge in [0.15, 0.2) is 0 Å². The lowest BCUT2D eigenvalue weighted by Gasteiger charge is -2.26. The Balaban J connectivity index is 1.42. The first-order valence-electron chi connectivity index (χ1n) is 7.59. The van der Waals surface area contributed by atoms with Crippen LogP contribution in [0.15, 0.2) is 0 Å². The average molecular weight is 239 g/mol. The molecule has 2 saturated heterocycles. The molecule has 2 N–H and O–H groups in total. The van der Waals surface area contributed by atoms with Gasteiger partial charge in [0, 0.05) is 0 Å². The van der Waals surface area contributed by atoms with Gasteiger partial charge in [-0.3, -0.25) is 0 Å². The van der Waals surface area contributed by atoms with Crippen LogP contribution < -0.4 is 10.6 Å². The maximum atomic E-state index is 3.64. The van der Waals surface area contributed by atoms with Crippen molar-refractivity contribution in [3.63, 3.8) is 0 Å². The molecule has 0 radical (unpaired) electrons. The molecule has 17 heavy (non-hydrogen) atoms. The van der Waals surface area contributed by atoms with Crippen molar-refractivity contribution in [2.45, 2.75) is 38.5 Å². The molecule has 2 fully saturated rings. The maximum Gasteiger partial charge on any atom is -0.000664 e. The van der Waals surface area contributed by atoms with Gasteiger partial charge in [0.2, 0.25) is 0 Å². The molecule has 0 aromatic carbocycles. The van der Waals surface area contributed by atoms with E-state index in [-0.39, 0.29) is 0 Å². The summed E-state index contributed by atoms with van der Waals surface area (Å²) in [6.45, 7) is 8.88. The highest BCUT2D eigenvalue weighted by Gasteiger charge is 2.12. The first kappa shape index (κ1) is 13.3. The molecule has 0 aliphatic carbocycles. The summed E-state index contributed by atoms with van der Waals surface area (Å²) >= 11 is 0. The van der Waals surface area contributed by atoms with Gasteiger partial charge in [-0.2, -0.15) is 0 Å². The van der Waals surface area contributed by atoms with E-state index >= 15 is 0 Å². The molecule has 0 atom stereocenters. The third kappa shape index (κ3) is 5.36. The quantitative estimate of drug-likeness (QED) is 0.687. The Morgan fingerprint density at radius 2 is 1.82 bits per heavy atom. The van der Waals surface area contributed by atoms with E-state index in [0.717, 1.165) is 5.92 Å². The average Bonchev–Trinajstić information content (AvgIpc) is 2.41. The summed E-state index contributed by atoms with van der Waals surface area (Å²) < 4.78 is 0. The van der Waals surface area contributed by atoms with Gasteiger partial charge >= 0.3 is 0 Å². The molecule has 0 aromatic heterocycles. The summed E-state index contributed by atoms with van der Waals surface area (Å²) in [5.74, 6) is 0.922. The summed E-state index contributed by atoms with van der Waals surface area (Å²) in [5.41, 5.74) is 0. The van der Waals surface area contributed by atoms with E-state index in [4.69, 9.17) is 0 Å². The molecule has 2 rings (SSSR count). The summed E-state index contributed by atoms with van der Waals surface area (Å²) in [5, 5.41) is 7.07. The smallest absolute Gasteiger partial charge is 0.000664 e. The minimum Gasteiger partial charge on any atom is -0.317 e. The van der Waals surface area contributed by atoms with Crippen LogP contribution in [0.3, 0.4) is 0 Å². The highest BCUT2D eigenvalue weighted by Crippen LogP contribution is 2.10. The van der Waals surface area contributed by atoms with Gasteiger partial charge < -0.3 is 15.5 Å². The first-order chi connectivity index (χ1) is 8.45. The van der Waals surface area contributed by atoms with Gasteiger partial charge in [-0.1, -0.05) is 6.42 Å². The zero-order chi connectivity index (χ0) is 11.8. The highest BCUT2D eigenvalue weighted by atomic mass is 15.1. The minimum atomic E-state index is 0.922. The predicted molar refractivity (Wildman–Crippen MR) is 73.4 cm³/mol. The summed E-state index contributed by atoms with van der Waals surface area (Å²) in [6, 6.07) is 0. The van der Waals surface area contributed by atoms with Gasteiger partial charge in [-0.25, -0.2) is 0 Å². The van der Waals surface area contributed by atoms with Gasteiger partial charge in [0.25, 0.3) is 0 Å². The van der Waals surface area contributed by atoms with Gasteiger partial charge in [0.05, 0.1) is 0 Å². The van der Waals surface area contributed by atoms with Gasteiger partial charge in [-0.15, -0.1) is 0 Å². The van der Waals surface area contributed by atoms with Crippen LogP contribution in [-0.4, -0.2) is 50.7 Å². The molecule has 3 heteroatoms. The van der Waals surface area contributed by atoms with E-state index < -0.39 is 0 Å². The third-order valence-electron chi connectivity index (χ3n) is 4.17. The van der Waals surface area contributed by atoms with Crippen LogP contribution in [0.2, 0.25) is 0 Å². The van der Waals surface area contributed by atoms with E-state index in [1.807, 2.05) is 0 Å².